The third-order valence-corrected chi connectivity index (χ3v) is 5.29. The van der Waals surface area contributed by atoms with E-state index in [4.69, 9.17) is 19.8 Å². The molecule has 0 radical (unpaired) electrons. The predicted octanol–water partition coefficient (Wildman–Crippen LogP) is 1.58. The molecule has 0 spiro atoms. The maximum atomic E-state index is 12.6. The van der Waals surface area contributed by atoms with Crippen LogP contribution in [0.3, 0.4) is 0 Å². The fraction of sp³-hybridized carbons (Fsp3) is 0.455. The summed E-state index contributed by atoms with van der Waals surface area (Å²) in [4.78, 5) is 31.7. The van der Waals surface area contributed by atoms with Gasteiger partial charge in [0.15, 0.2) is 0 Å². The van der Waals surface area contributed by atoms with E-state index in [1.807, 2.05) is 19.3 Å². The van der Waals surface area contributed by atoms with E-state index in [0.717, 1.165) is 44.7 Å². The number of carboxylic acid groups (broad SMARTS) is 2. The van der Waals surface area contributed by atoms with E-state index >= 15 is 0 Å². The zero-order chi connectivity index (χ0) is 24.0. The molecule has 10 heteroatoms. The van der Waals surface area contributed by atoms with Crippen molar-refractivity contribution in [3.63, 3.8) is 0 Å². The Balaban J connectivity index is 0.000000769. The molecule has 10 nitrogen and oxygen atoms in total. The molecule has 0 atom stereocenters. The van der Waals surface area contributed by atoms with Gasteiger partial charge in [0.05, 0.1) is 0 Å². The lowest BCUT2D eigenvalue weighted by atomic mass is 9.86. The zero-order valence-electron chi connectivity index (χ0n) is 18.8. The van der Waals surface area contributed by atoms with Crippen LogP contribution in [0.4, 0.5) is 5.82 Å². The molecule has 0 saturated carbocycles. The summed E-state index contributed by atoms with van der Waals surface area (Å²) in [5.74, 6) is 0.787. The highest BCUT2D eigenvalue weighted by Crippen LogP contribution is 2.27. The number of likely N-dealkylation sites (tertiary alicyclic amines) is 1. The summed E-state index contributed by atoms with van der Waals surface area (Å²) < 4.78 is 1.75. The molecule has 2 aromatic rings. The van der Waals surface area contributed by atoms with Crippen molar-refractivity contribution in [2.75, 3.05) is 25.5 Å². The van der Waals surface area contributed by atoms with E-state index in [9.17, 15) is 4.79 Å². The van der Waals surface area contributed by atoms with Gasteiger partial charge in [-0.2, -0.15) is 5.10 Å². The summed E-state index contributed by atoms with van der Waals surface area (Å²) in [5, 5.41) is 24.4. The first-order valence-electron chi connectivity index (χ1n) is 10.3. The van der Waals surface area contributed by atoms with Gasteiger partial charge >= 0.3 is 0 Å². The smallest absolute Gasteiger partial charge is 0.290 e. The molecule has 4 N–H and O–H groups in total. The molecule has 2 heterocycles. The molecular formula is C22H33N5O5. The van der Waals surface area contributed by atoms with Gasteiger partial charge in [-0.3, -0.25) is 24.0 Å². The number of nitrogens with one attached hydrogen (secondary N) is 2. The molecule has 1 fully saturated rings. The standard InChI is InChI=1S/C20H29N5O.2CH2O2/c1-4-16-5-7-17(8-6-16)15-25-13-10-20(11-14-25,19(26)21-2)22-18-9-12-24(3)23-18;2*2-1-3/h5-9,12H,4,10-11,13-15H2,1-3H3,(H,21,26)(H,22,23);2*1H,(H,2,3). The van der Waals surface area contributed by atoms with E-state index in [1.54, 1.807) is 11.7 Å². The number of likely N-dealkylation sites (N-methyl/N-ethyl adjacent to an activating group) is 1. The molecule has 1 aromatic heterocycles. The summed E-state index contributed by atoms with van der Waals surface area (Å²) in [6.07, 6.45) is 4.47. The Hall–Kier alpha value is -3.40. The lowest BCUT2D eigenvalue weighted by molar-refractivity contribution is -0.126. The zero-order valence-corrected chi connectivity index (χ0v) is 18.8. The molecule has 1 aliphatic rings. The molecule has 1 aliphatic heterocycles. The van der Waals surface area contributed by atoms with Gasteiger partial charge < -0.3 is 20.8 Å². The number of aromatic nitrogens is 2. The van der Waals surface area contributed by atoms with Crippen molar-refractivity contribution in [3.05, 3.63) is 47.7 Å². The monoisotopic (exact) mass is 447 g/mol. The molecule has 32 heavy (non-hydrogen) atoms. The van der Waals surface area contributed by atoms with Crippen LogP contribution in [0.2, 0.25) is 0 Å². The number of carbonyl (C=O) groups excluding carboxylic acids is 1. The Kier molecular flexibility index (Phi) is 11.5. The SMILES string of the molecule is CCc1ccc(CN2CCC(Nc3ccn(C)n3)(C(=O)NC)CC2)cc1.O=CO.O=CO. The molecular weight excluding hydrogens is 414 g/mol. The number of hydrogen-bond acceptors (Lipinski definition) is 6. The van der Waals surface area contributed by atoms with Gasteiger partial charge in [0, 0.05) is 46.0 Å². The first-order valence-corrected chi connectivity index (χ1v) is 10.3. The second-order valence-electron chi connectivity index (χ2n) is 7.32. The fourth-order valence-corrected chi connectivity index (χ4v) is 3.61. The number of rotatable bonds is 6. The highest BCUT2D eigenvalue weighted by atomic mass is 16.3. The van der Waals surface area contributed by atoms with Gasteiger partial charge in [0.25, 0.3) is 12.9 Å². The van der Waals surface area contributed by atoms with Gasteiger partial charge in [-0.05, 0) is 30.4 Å². The lowest BCUT2D eigenvalue weighted by Gasteiger charge is -2.41. The van der Waals surface area contributed by atoms with Crippen LogP contribution < -0.4 is 10.6 Å². The van der Waals surface area contributed by atoms with Crippen LogP contribution in [0, 0.1) is 0 Å². The minimum absolute atomic E-state index is 0.0371. The Morgan fingerprint density at radius 3 is 2.06 bits per heavy atom. The van der Waals surface area contributed by atoms with Crippen molar-refractivity contribution in [3.8, 4) is 0 Å². The Bertz CT molecular complexity index is 823. The molecule has 1 aromatic carbocycles. The number of nitrogens with zero attached hydrogens (tertiary/aromatic N) is 3. The summed E-state index contributed by atoms with van der Waals surface area (Å²) >= 11 is 0. The summed E-state index contributed by atoms with van der Waals surface area (Å²) in [6.45, 7) is 4.36. The van der Waals surface area contributed by atoms with Gasteiger partial charge in [0.1, 0.15) is 11.4 Å². The normalized spacial score (nSPS) is 14.6. The maximum absolute atomic E-state index is 12.6. The fourth-order valence-electron chi connectivity index (χ4n) is 3.61. The van der Waals surface area contributed by atoms with E-state index in [0.29, 0.717) is 0 Å². The summed E-state index contributed by atoms with van der Waals surface area (Å²) in [5.41, 5.74) is 2.10. The van der Waals surface area contributed by atoms with Crippen LogP contribution in [0.15, 0.2) is 36.5 Å². The van der Waals surface area contributed by atoms with Crippen molar-refractivity contribution in [1.29, 1.82) is 0 Å². The molecule has 3 rings (SSSR count). The quantitative estimate of drug-likeness (QED) is 0.490. The largest absolute Gasteiger partial charge is 0.483 e. The number of aryl methyl sites for hydroxylation is 2. The Morgan fingerprint density at radius 2 is 1.62 bits per heavy atom. The van der Waals surface area contributed by atoms with Crippen LogP contribution in [0.5, 0.6) is 0 Å². The topological polar surface area (TPSA) is 137 Å². The van der Waals surface area contributed by atoms with Gasteiger partial charge in [-0.1, -0.05) is 31.2 Å². The number of piperidine rings is 1. The molecule has 1 saturated heterocycles. The average Bonchev–Trinajstić information content (AvgIpc) is 3.20. The van der Waals surface area contributed by atoms with Crippen molar-refractivity contribution in [2.45, 2.75) is 38.3 Å². The molecule has 176 valence electrons. The number of benzene rings is 1. The van der Waals surface area contributed by atoms with E-state index in [-0.39, 0.29) is 18.9 Å². The highest BCUT2D eigenvalue weighted by Gasteiger charge is 2.41. The van der Waals surface area contributed by atoms with Crippen LogP contribution in [-0.4, -0.2) is 69.4 Å². The van der Waals surface area contributed by atoms with Crippen LogP contribution in [0.25, 0.3) is 0 Å². The molecule has 1 amide bonds. The van der Waals surface area contributed by atoms with E-state index in [1.165, 1.54) is 11.1 Å². The van der Waals surface area contributed by atoms with Crippen molar-refractivity contribution >= 4 is 24.7 Å². The third kappa shape index (κ3) is 8.03. The first-order chi connectivity index (χ1) is 15.4. The average molecular weight is 448 g/mol. The number of anilines is 1. The minimum atomic E-state index is -0.592. The van der Waals surface area contributed by atoms with Gasteiger partial charge in [-0.25, -0.2) is 0 Å². The Labute approximate surface area is 188 Å². The van der Waals surface area contributed by atoms with Crippen LogP contribution >= 0.6 is 0 Å². The van der Waals surface area contributed by atoms with Crippen molar-refractivity contribution in [2.24, 2.45) is 7.05 Å². The van der Waals surface area contributed by atoms with Gasteiger partial charge in [-0.15, -0.1) is 0 Å². The molecule has 0 unspecified atom stereocenters. The summed E-state index contributed by atoms with van der Waals surface area (Å²) in [7, 11) is 3.58. The van der Waals surface area contributed by atoms with Gasteiger partial charge in [0.2, 0.25) is 5.91 Å². The number of hydrogen-bond donors (Lipinski definition) is 4. The number of carbonyl (C=O) groups is 3. The predicted molar refractivity (Wildman–Crippen MR) is 121 cm³/mol. The first kappa shape index (κ1) is 26.6. The second kappa shape index (κ2) is 13.8. The lowest BCUT2D eigenvalue weighted by Crippen LogP contribution is -2.57. The maximum Gasteiger partial charge on any atom is 0.290 e. The third-order valence-electron chi connectivity index (χ3n) is 5.29. The molecule has 0 aliphatic carbocycles. The minimum Gasteiger partial charge on any atom is -0.483 e. The summed E-state index contributed by atoms with van der Waals surface area (Å²) in [6, 6.07) is 10.7. The van der Waals surface area contributed by atoms with Crippen molar-refractivity contribution < 1.29 is 24.6 Å². The Morgan fingerprint density at radius 1 is 1.09 bits per heavy atom. The van der Waals surface area contributed by atoms with Crippen molar-refractivity contribution in [1.82, 2.24) is 20.0 Å². The van der Waals surface area contributed by atoms with Crippen LogP contribution in [-0.2, 0) is 34.4 Å². The van der Waals surface area contributed by atoms with E-state index in [2.05, 4.69) is 51.8 Å². The highest BCUT2D eigenvalue weighted by molar-refractivity contribution is 5.89. The second-order valence-corrected chi connectivity index (χ2v) is 7.32. The number of amides is 1. The molecule has 0 bridgehead atoms. The van der Waals surface area contributed by atoms with Crippen LogP contribution in [0.1, 0.15) is 30.9 Å². The van der Waals surface area contributed by atoms with E-state index < -0.39 is 5.54 Å².